The molecule has 0 bridgehead atoms. The molecule has 1 heterocycles. The summed E-state index contributed by atoms with van der Waals surface area (Å²) in [7, 11) is 0. The molecule has 1 aromatic heterocycles. The number of aromatic carboxylic acids is 1. The van der Waals surface area contributed by atoms with E-state index in [0.717, 1.165) is 18.9 Å². The van der Waals surface area contributed by atoms with Gasteiger partial charge in [-0.25, -0.2) is 9.18 Å². The van der Waals surface area contributed by atoms with E-state index in [0.29, 0.717) is 5.69 Å². The van der Waals surface area contributed by atoms with Crippen LogP contribution in [0, 0.1) is 17.7 Å². The standard InChI is InChI=1S/C21H32FNO2/c1-2-3-4-5-6-7-8-9-10-11-12-13-14-15-16-18-17-19(22)20(23-18)21(24)25/h17,23H,2-14H2,1H3,(H,24,25). The van der Waals surface area contributed by atoms with Crippen LogP contribution >= 0.6 is 0 Å². The second-order valence-corrected chi connectivity index (χ2v) is 6.65. The Morgan fingerprint density at radius 2 is 1.52 bits per heavy atom. The van der Waals surface area contributed by atoms with E-state index in [1.807, 2.05) is 0 Å². The van der Waals surface area contributed by atoms with Gasteiger partial charge in [0.1, 0.15) is 0 Å². The quantitative estimate of drug-likeness (QED) is 0.324. The van der Waals surface area contributed by atoms with Crippen molar-refractivity contribution in [2.75, 3.05) is 0 Å². The van der Waals surface area contributed by atoms with Gasteiger partial charge in [-0.2, -0.15) is 0 Å². The van der Waals surface area contributed by atoms with Crippen LogP contribution in [0.1, 0.15) is 107 Å². The molecule has 0 radical (unpaired) electrons. The summed E-state index contributed by atoms with van der Waals surface area (Å²) < 4.78 is 13.3. The van der Waals surface area contributed by atoms with E-state index in [2.05, 4.69) is 23.7 Å². The monoisotopic (exact) mass is 349 g/mol. The van der Waals surface area contributed by atoms with Crippen LogP contribution in [0.3, 0.4) is 0 Å². The maximum absolute atomic E-state index is 13.3. The van der Waals surface area contributed by atoms with Gasteiger partial charge in [0.2, 0.25) is 0 Å². The van der Waals surface area contributed by atoms with Crippen molar-refractivity contribution in [3.8, 4) is 11.8 Å². The first-order chi connectivity index (χ1) is 12.1. The maximum atomic E-state index is 13.3. The van der Waals surface area contributed by atoms with Crippen LogP contribution in [0.4, 0.5) is 4.39 Å². The molecule has 1 rings (SSSR count). The van der Waals surface area contributed by atoms with Gasteiger partial charge in [-0.15, -0.1) is 0 Å². The number of carbonyl (C=O) groups is 1. The highest BCUT2D eigenvalue weighted by Gasteiger charge is 2.12. The molecule has 0 fully saturated rings. The van der Waals surface area contributed by atoms with Crippen molar-refractivity contribution < 1.29 is 14.3 Å². The van der Waals surface area contributed by atoms with Gasteiger partial charge < -0.3 is 10.1 Å². The minimum atomic E-state index is -1.30. The average Bonchev–Trinajstić information content (AvgIpc) is 2.96. The van der Waals surface area contributed by atoms with E-state index in [1.54, 1.807) is 0 Å². The number of unbranched alkanes of at least 4 members (excludes halogenated alkanes) is 12. The van der Waals surface area contributed by atoms with Crippen molar-refractivity contribution >= 4 is 5.97 Å². The minimum absolute atomic E-state index is 0.328. The lowest BCUT2D eigenvalue weighted by Gasteiger charge is -2.01. The molecule has 0 atom stereocenters. The zero-order chi connectivity index (χ0) is 18.3. The first-order valence-electron chi connectivity index (χ1n) is 9.75. The van der Waals surface area contributed by atoms with E-state index in [1.165, 1.54) is 70.6 Å². The molecule has 0 amide bonds. The number of H-pyrrole nitrogens is 1. The van der Waals surface area contributed by atoms with Crippen molar-refractivity contribution in [1.29, 1.82) is 0 Å². The van der Waals surface area contributed by atoms with Crippen molar-refractivity contribution in [3.05, 3.63) is 23.3 Å². The highest BCUT2D eigenvalue weighted by Crippen LogP contribution is 2.12. The molecule has 0 aliphatic rings. The first kappa shape index (κ1) is 21.3. The number of halogens is 1. The molecule has 25 heavy (non-hydrogen) atoms. The number of aromatic nitrogens is 1. The molecule has 0 saturated carbocycles. The number of carboxylic acid groups (broad SMARTS) is 1. The molecule has 0 saturated heterocycles. The fraction of sp³-hybridized carbons (Fsp3) is 0.667. The molecule has 2 N–H and O–H groups in total. The van der Waals surface area contributed by atoms with Crippen molar-refractivity contribution in [3.63, 3.8) is 0 Å². The molecule has 1 aromatic rings. The Balaban J connectivity index is 1.97. The lowest BCUT2D eigenvalue weighted by Crippen LogP contribution is -1.98. The largest absolute Gasteiger partial charge is 0.476 e. The van der Waals surface area contributed by atoms with E-state index in [9.17, 15) is 9.18 Å². The molecule has 3 nitrogen and oxygen atoms in total. The van der Waals surface area contributed by atoms with Crippen molar-refractivity contribution in [1.82, 2.24) is 4.98 Å². The Kier molecular flexibility index (Phi) is 11.5. The van der Waals surface area contributed by atoms with Gasteiger partial charge in [0, 0.05) is 12.5 Å². The van der Waals surface area contributed by atoms with Gasteiger partial charge in [0.05, 0.1) is 5.69 Å². The van der Waals surface area contributed by atoms with E-state index in [4.69, 9.17) is 5.11 Å². The molecule has 0 aliphatic heterocycles. The molecule has 0 aliphatic carbocycles. The molecule has 0 unspecified atom stereocenters. The lowest BCUT2D eigenvalue weighted by molar-refractivity contribution is 0.0686. The topological polar surface area (TPSA) is 53.1 Å². The predicted molar refractivity (Wildman–Crippen MR) is 100 cm³/mol. The summed E-state index contributed by atoms with van der Waals surface area (Å²) in [6.07, 6.45) is 16.5. The maximum Gasteiger partial charge on any atom is 0.355 e. The summed E-state index contributed by atoms with van der Waals surface area (Å²) in [4.78, 5) is 13.2. The lowest BCUT2D eigenvalue weighted by atomic mass is 10.0. The highest BCUT2D eigenvalue weighted by molar-refractivity contribution is 5.86. The van der Waals surface area contributed by atoms with Gasteiger partial charge in [0.25, 0.3) is 0 Å². The number of hydrogen-bond donors (Lipinski definition) is 2. The van der Waals surface area contributed by atoms with Crippen LogP contribution in [0.5, 0.6) is 0 Å². The highest BCUT2D eigenvalue weighted by atomic mass is 19.1. The fourth-order valence-electron chi connectivity index (χ4n) is 2.86. The summed E-state index contributed by atoms with van der Waals surface area (Å²) in [5.74, 6) is 3.71. The minimum Gasteiger partial charge on any atom is -0.476 e. The SMILES string of the molecule is CCCCCCCCCCCCCCC#Cc1cc(F)c(C(=O)O)[nH]1. The van der Waals surface area contributed by atoms with Crippen molar-refractivity contribution in [2.45, 2.75) is 90.4 Å². The summed E-state index contributed by atoms with van der Waals surface area (Å²) in [5, 5.41) is 8.75. The second kappa shape index (κ2) is 13.5. The van der Waals surface area contributed by atoms with E-state index in [-0.39, 0.29) is 0 Å². The third-order valence-electron chi connectivity index (χ3n) is 4.36. The molecule has 0 spiro atoms. The zero-order valence-corrected chi connectivity index (χ0v) is 15.5. The number of hydrogen-bond acceptors (Lipinski definition) is 1. The zero-order valence-electron chi connectivity index (χ0n) is 15.5. The van der Waals surface area contributed by atoms with Crippen LogP contribution in [0.15, 0.2) is 6.07 Å². The van der Waals surface area contributed by atoms with Gasteiger partial charge in [0.15, 0.2) is 11.5 Å². The Morgan fingerprint density at radius 3 is 2.00 bits per heavy atom. The normalized spacial score (nSPS) is 10.5. The van der Waals surface area contributed by atoms with Gasteiger partial charge >= 0.3 is 5.97 Å². The van der Waals surface area contributed by atoms with Crippen LogP contribution < -0.4 is 0 Å². The number of nitrogens with one attached hydrogen (secondary N) is 1. The second-order valence-electron chi connectivity index (χ2n) is 6.65. The van der Waals surface area contributed by atoms with Crippen LogP contribution in [-0.2, 0) is 0 Å². The molecule has 0 aromatic carbocycles. The fourth-order valence-corrected chi connectivity index (χ4v) is 2.86. The first-order valence-corrected chi connectivity index (χ1v) is 9.75. The van der Waals surface area contributed by atoms with Gasteiger partial charge in [-0.3, -0.25) is 0 Å². The summed E-state index contributed by atoms with van der Waals surface area (Å²) in [6, 6.07) is 1.14. The number of aromatic amines is 1. The van der Waals surface area contributed by atoms with Gasteiger partial charge in [-0.1, -0.05) is 83.5 Å². The molecule has 140 valence electrons. The molecular weight excluding hydrogens is 317 g/mol. The Bertz CT molecular complexity index is 554. The number of rotatable bonds is 13. The van der Waals surface area contributed by atoms with Crippen LogP contribution in [0.25, 0.3) is 0 Å². The van der Waals surface area contributed by atoms with Crippen molar-refractivity contribution in [2.24, 2.45) is 0 Å². The Morgan fingerprint density at radius 1 is 1.00 bits per heavy atom. The Labute approximate surface area is 151 Å². The average molecular weight is 349 g/mol. The smallest absolute Gasteiger partial charge is 0.355 e. The predicted octanol–water partition coefficient (Wildman–Crippen LogP) is 6.29. The van der Waals surface area contributed by atoms with Crippen LogP contribution in [0.2, 0.25) is 0 Å². The number of carboxylic acids is 1. The van der Waals surface area contributed by atoms with E-state index >= 15 is 0 Å². The summed E-state index contributed by atoms with van der Waals surface area (Å²) in [5.41, 5.74) is -0.0940. The van der Waals surface area contributed by atoms with Gasteiger partial charge in [-0.05, 0) is 12.3 Å². The Hall–Kier alpha value is -1.76. The molecular formula is C21H32FNO2. The third-order valence-corrected chi connectivity index (χ3v) is 4.36. The molecule has 4 heteroatoms. The van der Waals surface area contributed by atoms with Crippen LogP contribution in [-0.4, -0.2) is 16.1 Å². The third kappa shape index (κ3) is 9.96. The summed E-state index contributed by atoms with van der Waals surface area (Å²) >= 11 is 0. The summed E-state index contributed by atoms with van der Waals surface area (Å²) in [6.45, 7) is 2.25. The van der Waals surface area contributed by atoms with E-state index < -0.39 is 17.5 Å².